The second kappa shape index (κ2) is 6.43. The Balaban J connectivity index is 1.44. The van der Waals surface area contributed by atoms with Gasteiger partial charge >= 0.3 is 6.03 Å². The van der Waals surface area contributed by atoms with E-state index in [1.807, 2.05) is 0 Å². The van der Waals surface area contributed by atoms with Crippen molar-refractivity contribution in [3.05, 3.63) is 36.2 Å². The predicted octanol–water partition coefficient (Wildman–Crippen LogP) is 2.73. The van der Waals surface area contributed by atoms with Crippen LogP contribution in [0.5, 0.6) is 0 Å². The van der Waals surface area contributed by atoms with Crippen molar-refractivity contribution in [1.29, 1.82) is 0 Å². The van der Waals surface area contributed by atoms with Crippen LogP contribution in [0.3, 0.4) is 0 Å². The number of halogens is 2. The molecule has 2 aromatic heterocycles. The molecule has 3 aliphatic rings. The molecule has 2 amide bonds. The molecule has 2 aromatic rings. The molecule has 0 unspecified atom stereocenters. The van der Waals surface area contributed by atoms with E-state index >= 15 is 0 Å². The summed E-state index contributed by atoms with van der Waals surface area (Å²) in [4.78, 5) is 33.5. The van der Waals surface area contributed by atoms with E-state index in [-0.39, 0.29) is 24.6 Å². The van der Waals surface area contributed by atoms with Gasteiger partial charge in [0.05, 0.1) is 11.7 Å². The van der Waals surface area contributed by atoms with E-state index in [4.69, 9.17) is 0 Å². The smallest absolute Gasteiger partial charge is 0.329 e. The monoisotopic (exact) mass is 400 g/mol. The zero-order valence-corrected chi connectivity index (χ0v) is 15.4. The number of anilines is 3. The fourth-order valence-corrected chi connectivity index (χ4v) is 3.98. The average molecular weight is 400 g/mol. The first-order valence-corrected chi connectivity index (χ1v) is 9.47. The van der Waals surface area contributed by atoms with Crippen LogP contribution < -0.4 is 15.1 Å². The molecule has 2 aliphatic heterocycles. The maximum Gasteiger partial charge on any atom is 0.329 e. The fourth-order valence-electron chi connectivity index (χ4n) is 3.98. The van der Waals surface area contributed by atoms with E-state index < -0.39 is 23.7 Å². The summed E-state index contributed by atoms with van der Waals surface area (Å²) in [5, 5.41) is 10.3. The number of aromatic nitrogens is 3. The number of amides is 2. The molecular formula is C19H18F2N6O2. The van der Waals surface area contributed by atoms with Crippen molar-refractivity contribution >= 4 is 29.1 Å². The standard InChI is InChI=1S/C19H18F2N6O2/c20-19(21)9-11(19)8-15(28)13-3-4-14-17(23-13)27(12-5-7-26(14)10-12)18(29)24-16-2-1-6-22-25-16/h1-4,6,11-12H,5,7-10H2,(H,24,25,29)/t11-,12+/m1/s1. The summed E-state index contributed by atoms with van der Waals surface area (Å²) in [5.41, 5.74) is 0.854. The molecule has 1 saturated heterocycles. The van der Waals surface area contributed by atoms with Gasteiger partial charge in [-0.25, -0.2) is 18.6 Å². The van der Waals surface area contributed by atoms with Gasteiger partial charge in [-0.15, -0.1) is 5.10 Å². The number of fused-ring (bicyclic) bond motifs is 4. The number of alkyl halides is 2. The Hall–Kier alpha value is -3.17. The number of Topliss-reactive ketones (excluding diaryl/α,β-unsaturated/α-hetero) is 1. The zero-order chi connectivity index (χ0) is 20.2. The number of nitrogens with zero attached hydrogens (tertiary/aromatic N) is 5. The van der Waals surface area contributed by atoms with E-state index in [1.54, 1.807) is 24.3 Å². The van der Waals surface area contributed by atoms with Crippen LogP contribution in [-0.4, -0.2) is 52.0 Å². The molecule has 29 heavy (non-hydrogen) atoms. The molecule has 0 aromatic carbocycles. The Labute approximate surface area is 164 Å². The second-order valence-electron chi connectivity index (χ2n) is 7.63. The van der Waals surface area contributed by atoms with Crippen molar-refractivity contribution < 1.29 is 18.4 Å². The van der Waals surface area contributed by atoms with Gasteiger partial charge in [0.1, 0.15) is 5.69 Å². The minimum absolute atomic E-state index is 0.0928. The van der Waals surface area contributed by atoms with Crippen LogP contribution in [0, 0.1) is 5.92 Å². The first-order chi connectivity index (χ1) is 13.9. The van der Waals surface area contributed by atoms with E-state index in [0.717, 1.165) is 18.7 Å². The largest absolute Gasteiger partial charge is 0.366 e. The van der Waals surface area contributed by atoms with Crippen molar-refractivity contribution in [3.8, 4) is 0 Å². The van der Waals surface area contributed by atoms with Crippen LogP contribution in [-0.2, 0) is 0 Å². The number of hydrogen-bond donors (Lipinski definition) is 1. The maximum atomic E-state index is 13.2. The Morgan fingerprint density at radius 1 is 1.28 bits per heavy atom. The van der Waals surface area contributed by atoms with Crippen molar-refractivity contribution in [2.24, 2.45) is 5.92 Å². The number of ketones is 1. The summed E-state index contributed by atoms with van der Waals surface area (Å²) in [6, 6.07) is 6.07. The van der Waals surface area contributed by atoms with Gasteiger partial charge in [0.25, 0.3) is 5.92 Å². The molecule has 8 nitrogen and oxygen atoms in total. The molecular weight excluding hydrogens is 382 g/mol. The molecule has 2 bridgehead atoms. The Kier molecular flexibility index (Phi) is 3.97. The first-order valence-electron chi connectivity index (χ1n) is 9.47. The zero-order valence-electron chi connectivity index (χ0n) is 15.4. The molecule has 150 valence electrons. The van der Waals surface area contributed by atoms with Gasteiger partial charge in [-0.3, -0.25) is 15.0 Å². The highest BCUT2D eigenvalue weighted by Gasteiger charge is 2.57. The first kappa shape index (κ1) is 17.9. The summed E-state index contributed by atoms with van der Waals surface area (Å²) < 4.78 is 26.4. The number of hydrogen-bond acceptors (Lipinski definition) is 6. The summed E-state index contributed by atoms with van der Waals surface area (Å²) in [7, 11) is 0. The topological polar surface area (TPSA) is 91.3 Å². The number of nitrogens with one attached hydrogen (secondary N) is 1. The molecule has 2 fully saturated rings. The van der Waals surface area contributed by atoms with Crippen LogP contribution in [0.4, 0.5) is 30.9 Å². The highest BCUT2D eigenvalue weighted by atomic mass is 19.3. The Morgan fingerprint density at radius 2 is 2.10 bits per heavy atom. The van der Waals surface area contributed by atoms with Crippen LogP contribution in [0.1, 0.15) is 29.8 Å². The van der Waals surface area contributed by atoms with Crippen molar-refractivity contribution in [2.75, 3.05) is 28.2 Å². The highest BCUT2D eigenvalue weighted by molar-refractivity contribution is 6.05. The summed E-state index contributed by atoms with van der Waals surface area (Å²) >= 11 is 0. The minimum Gasteiger partial charge on any atom is -0.366 e. The summed E-state index contributed by atoms with van der Waals surface area (Å²) in [6.45, 7) is 1.44. The molecule has 1 aliphatic carbocycles. The quantitative estimate of drug-likeness (QED) is 0.794. The molecule has 10 heteroatoms. The van der Waals surface area contributed by atoms with Gasteiger partial charge in [0.15, 0.2) is 17.4 Å². The third-order valence-corrected chi connectivity index (χ3v) is 5.65. The van der Waals surface area contributed by atoms with Gasteiger partial charge in [0, 0.05) is 38.0 Å². The van der Waals surface area contributed by atoms with E-state index in [0.29, 0.717) is 18.2 Å². The minimum atomic E-state index is -2.75. The third-order valence-electron chi connectivity index (χ3n) is 5.65. The lowest BCUT2D eigenvalue weighted by molar-refractivity contribution is 0.0830. The molecule has 1 saturated carbocycles. The van der Waals surface area contributed by atoms with E-state index in [1.165, 1.54) is 11.1 Å². The number of rotatable bonds is 4. The molecule has 0 radical (unpaired) electrons. The third kappa shape index (κ3) is 3.18. The lowest BCUT2D eigenvalue weighted by Gasteiger charge is -2.35. The van der Waals surface area contributed by atoms with Crippen LogP contribution in [0.25, 0.3) is 0 Å². The normalized spacial score (nSPS) is 23.5. The fraction of sp³-hybridized carbons (Fsp3) is 0.421. The van der Waals surface area contributed by atoms with Gasteiger partial charge in [-0.1, -0.05) is 0 Å². The second-order valence-corrected chi connectivity index (χ2v) is 7.63. The number of pyridine rings is 1. The van der Waals surface area contributed by atoms with Crippen molar-refractivity contribution in [2.45, 2.75) is 31.2 Å². The lowest BCUT2D eigenvalue weighted by Crippen LogP contribution is -2.48. The highest BCUT2D eigenvalue weighted by Crippen LogP contribution is 2.51. The lowest BCUT2D eigenvalue weighted by atomic mass is 10.1. The number of carbonyl (C=O) groups is 2. The van der Waals surface area contributed by atoms with E-state index in [2.05, 4.69) is 25.4 Å². The number of carbonyl (C=O) groups excluding carboxylic acids is 2. The molecule has 5 rings (SSSR count). The van der Waals surface area contributed by atoms with Gasteiger partial charge in [-0.2, -0.15) is 5.10 Å². The summed E-state index contributed by atoms with van der Waals surface area (Å²) in [6.07, 6.45) is 1.77. The average Bonchev–Trinajstić information content (AvgIpc) is 3.09. The van der Waals surface area contributed by atoms with Crippen molar-refractivity contribution in [3.63, 3.8) is 0 Å². The van der Waals surface area contributed by atoms with Gasteiger partial charge in [0.2, 0.25) is 0 Å². The maximum absolute atomic E-state index is 13.2. The molecule has 0 spiro atoms. The SMILES string of the molecule is O=C(C[C@@H]1CC1(F)F)c1ccc2c(n1)N(C(=O)Nc1cccnn1)[C@H]1CCN2C1. The summed E-state index contributed by atoms with van der Waals surface area (Å²) in [5.74, 6) is -3.42. The predicted molar refractivity (Wildman–Crippen MR) is 100 cm³/mol. The van der Waals surface area contributed by atoms with Gasteiger partial charge in [-0.05, 0) is 30.7 Å². The van der Waals surface area contributed by atoms with Crippen LogP contribution in [0.2, 0.25) is 0 Å². The van der Waals surface area contributed by atoms with Crippen molar-refractivity contribution in [1.82, 2.24) is 15.2 Å². The number of urea groups is 1. The van der Waals surface area contributed by atoms with Crippen LogP contribution >= 0.6 is 0 Å². The van der Waals surface area contributed by atoms with E-state index in [9.17, 15) is 18.4 Å². The Morgan fingerprint density at radius 3 is 2.83 bits per heavy atom. The van der Waals surface area contributed by atoms with Crippen LogP contribution in [0.15, 0.2) is 30.5 Å². The Bertz CT molecular complexity index is 986. The molecule has 1 N–H and O–H groups in total. The van der Waals surface area contributed by atoms with Gasteiger partial charge < -0.3 is 4.90 Å². The molecule has 4 heterocycles. The molecule has 2 atom stereocenters.